The zero-order valence-electron chi connectivity index (χ0n) is 41.0. The molecule has 14 aromatic rings. The predicted molar refractivity (Wildman–Crippen MR) is 328 cm³/mol. The summed E-state index contributed by atoms with van der Waals surface area (Å²) in [4.78, 5) is 0. The second-order valence-electron chi connectivity index (χ2n) is 19.5. The average molecular weight is 1050 g/mol. The van der Waals surface area contributed by atoms with E-state index in [0.29, 0.717) is 0 Å². The smallest absolute Gasteiger partial charge is 0.0617 e. The van der Waals surface area contributed by atoms with Gasteiger partial charge in [-0.15, -0.1) is 0 Å². The molecule has 2 aromatic heterocycles. The van der Waals surface area contributed by atoms with Gasteiger partial charge >= 0.3 is 415 Å². The van der Waals surface area contributed by atoms with Crippen LogP contribution in [0.3, 0.4) is 0 Å². The molecule has 0 aliphatic carbocycles. The van der Waals surface area contributed by atoms with Crippen LogP contribution in [0, 0.1) is 0 Å². The second kappa shape index (κ2) is 19.2. The van der Waals surface area contributed by atoms with Gasteiger partial charge in [0.15, 0.2) is 0 Å². The summed E-state index contributed by atoms with van der Waals surface area (Å²) in [5, 5.41) is 5.20. The first-order valence-electron chi connectivity index (χ1n) is 25.7. The van der Waals surface area contributed by atoms with Crippen LogP contribution in [0.1, 0.15) is 0 Å². The molecule has 12 aromatic carbocycles. The van der Waals surface area contributed by atoms with Gasteiger partial charge in [0.2, 0.25) is 0 Å². The topological polar surface area (TPSA) is 0 Å². The van der Waals surface area contributed by atoms with Crippen molar-refractivity contribution in [2.75, 3.05) is 0 Å². The Kier molecular flexibility index (Phi) is 11.6. The number of hydrogen-bond acceptors (Lipinski definition) is 2. The van der Waals surface area contributed by atoms with Crippen LogP contribution >= 0.6 is 22.7 Å². The molecule has 0 aliphatic heterocycles. The number of benzene rings is 12. The predicted octanol–water partition coefficient (Wildman–Crippen LogP) is 17.8. The molecule has 75 heavy (non-hydrogen) atoms. The van der Waals surface area contributed by atoms with Crippen LogP contribution in [0.15, 0.2) is 291 Å². The molecule has 0 unspecified atom stereocenters. The van der Waals surface area contributed by atoms with E-state index in [1.807, 2.05) is 22.7 Å². The van der Waals surface area contributed by atoms with Crippen LogP contribution in [0.25, 0.3) is 107 Å². The monoisotopic (exact) mass is 1050 g/mol. The fourth-order valence-corrected chi connectivity index (χ4v) is 23.9. The molecule has 0 radical (unpaired) electrons. The summed E-state index contributed by atoms with van der Waals surface area (Å²) in [6.45, 7) is 0. The van der Waals surface area contributed by atoms with Gasteiger partial charge in [-0.25, -0.2) is 0 Å². The van der Waals surface area contributed by atoms with Gasteiger partial charge in [-0.2, -0.15) is 0 Å². The third kappa shape index (κ3) is 8.05. The van der Waals surface area contributed by atoms with E-state index in [1.165, 1.54) is 125 Å². The van der Waals surface area contributed by atoms with Crippen LogP contribution in [0.2, 0.25) is 0 Å². The number of fused-ring (bicyclic) bond motifs is 6. The Hall–Kier alpha value is -8.38. The third-order valence-corrected chi connectivity index (χ3v) is 27.7. The van der Waals surface area contributed by atoms with Crippen LogP contribution in [-0.2, 0) is 0 Å². The van der Waals surface area contributed by atoms with E-state index in [0.717, 1.165) is 0 Å². The minimum Gasteiger partial charge on any atom is -0.0617 e. The van der Waals surface area contributed by atoms with Crippen molar-refractivity contribution in [3.05, 3.63) is 291 Å². The standard InChI is InChI=1S/C72H48GeS2/c1-7-19-49(20-8-1)55-35-41-69-65(43-55)67-47-57(51-23-11-3-12-24-51)45-63(71(67)74-69)53-31-37-61(38-32-53)73(59-27-15-5-16-28-59,60-29-17-6-18-30-60)62-39-33-54(34-40-62)64-46-58(52-25-13-4-14-26-52)48-68-66-44-56(50-21-9-2-10-22-50)36-42-70(66)75-72(64)68/h1-48H. The average Bonchev–Trinajstić information content (AvgIpc) is 4.07. The first-order chi connectivity index (χ1) is 37.2. The molecule has 0 saturated carbocycles. The molecule has 0 spiro atoms. The van der Waals surface area contributed by atoms with Crippen molar-refractivity contribution < 1.29 is 0 Å². The molecule has 0 aliphatic rings. The van der Waals surface area contributed by atoms with Crippen LogP contribution < -0.4 is 17.6 Å². The van der Waals surface area contributed by atoms with Crippen LogP contribution in [0.4, 0.5) is 0 Å². The first kappa shape index (κ1) is 45.3. The van der Waals surface area contributed by atoms with E-state index in [9.17, 15) is 0 Å². The van der Waals surface area contributed by atoms with E-state index < -0.39 is 13.3 Å². The van der Waals surface area contributed by atoms with Gasteiger partial charge in [-0.3, -0.25) is 0 Å². The molecular weight excluding hydrogens is 1000 g/mol. The molecule has 0 amide bonds. The van der Waals surface area contributed by atoms with Gasteiger partial charge in [-0.05, 0) is 0 Å². The number of rotatable bonds is 10. The molecule has 0 nitrogen and oxygen atoms in total. The summed E-state index contributed by atoms with van der Waals surface area (Å²) in [5.74, 6) is 0. The molecule has 352 valence electrons. The Balaban J connectivity index is 0.932. The van der Waals surface area contributed by atoms with Crippen molar-refractivity contribution in [2.24, 2.45) is 0 Å². The Labute approximate surface area is 448 Å². The van der Waals surface area contributed by atoms with Crippen LogP contribution in [0.5, 0.6) is 0 Å². The van der Waals surface area contributed by atoms with E-state index in [1.54, 1.807) is 0 Å². The van der Waals surface area contributed by atoms with Gasteiger partial charge in [-0.1, -0.05) is 36.4 Å². The normalized spacial score (nSPS) is 11.7. The third-order valence-electron chi connectivity index (χ3n) is 15.2. The maximum atomic E-state index is 2.47. The molecule has 0 atom stereocenters. The summed E-state index contributed by atoms with van der Waals surface area (Å²) in [6, 6.07) is 109. The van der Waals surface area contributed by atoms with Gasteiger partial charge in [0.05, 0.1) is 0 Å². The van der Waals surface area contributed by atoms with E-state index >= 15 is 0 Å². The zero-order valence-corrected chi connectivity index (χ0v) is 44.8. The van der Waals surface area contributed by atoms with Crippen molar-refractivity contribution >= 4 is 93.9 Å². The fourth-order valence-electron chi connectivity index (χ4n) is 11.6. The Morgan fingerprint density at radius 1 is 0.200 bits per heavy atom. The molecule has 2 heterocycles. The quantitative estimate of drug-likeness (QED) is 0.120. The van der Waals surface area contributed by atoms with Gasteiger partial charge in [0.1, 0.15) is 0 Å². The van der Waals surface area contributed by atoms with Gasteiger partial charge in [0.25, 0.3) is 0 Å². The first-order valence-corrected chi connectivity index (χ1v) is 31.5. The molecule has 14 rings (SSSR count). The van der Waals surface area contributed by atoms with Crippen molar-refractivity contribution in [1.29, 1.82) is 0 Å². The summed E-state index contributed by atoms with van der Waals surface area (Å²) < 4.78 is 10.8. The number of hydrogen-bond donors (Lipinski definition) is 0. The number of thiophene rings is 2. The fraction of sp³-hybridized carbons (Fsp3) is 0. The Bertz CT molecular complexity index is 4050. The molecule has 0 saturated heterocycles. The minimum atomic E-state index is -3.71. The summed E-state index contributed by atoms with van der Waals surface area (Å²) in [6.07, 6.45) is 0. The van der Waals surface area contributed by atoms with Crippen molar-refractivity contribution in [1.82, 2.24) is 0 Å². The summed E-state index contributed by atoms with van der Waals surface area (Å²) >= 11 is 0.102. The van der Waals surface area contributed by atoms with E-state index in [-0.39, 0.29) is 0 Å². The van der Waals surface area contributed by atoms with Crippen molar-refractivity contribution in [3.63, 3.8) is 0 Å². The second-order valence-corrected chi connectivity index (χ2v) is 29.6. The van der Waals surface area contributed by atoms with Gasteiger partial charge < -0.3 is 0 Å². The van der Waals surface area contributed by atoms with Gasteiger partial charge in [0, 0.05) is 0 Å². The molecule has 3 heteroatoms. The zero-order chi connectivity index (χ0) is 49.7. The minimum absolute atomic E-state index is 1.22. The molecule has 0 N–H and O–H groups in total. The van der Waals surface area contributed by atoms with E-state index in [4.69, 9.17) is 0 Å². The van der Waals surface area contributed by atoms with Crippen molar-refractivity contribution in [2.45, 2.75) is 0 Å². The summed E-state index contributed by atoms with van der Waals surface area (Å²) in [7, 11) is 0. The van der Waals surface area contributed by atoms with Crippen LogP contribution in [-0.4, -0.2) is 13.3 Å². The van der Waals surface area contributed by atoms with E-state index in [2.05, 4.69) is 291 Å². The van der Waals surface area contributed by atoms with Crippen molar-refractivity contribution in [3.8, 4) is 66.8 Å². The molecule has 0 bridgehead atoms. The Morgan fingerprint density at radius 3 is 0.827 bits per heavy atom. The summed E-state index contributed by atoms with van der Waals surface area (Å²) in [5.41, 5.74) is 14.8. The SMILES string of the molecule is c1ccc(-c2ccc3sc4c(-c5cc[c]([Ge]([c]6ccccc6)([c]6ccccc6)[c]6ccc(-c7cc(-c8ccccc8)cc8c7sc7ccc(-c9ccccc9)cc78)cc6)cc5)cc(-c5ccccc5)cc4c3c2)cc1. The Morgan fingerprint density at radius 2 is 0.480 bits per heavy atom. The maximum absolute atomic E-state index is 3.71. The molecular formula is C72H48GeS2. The molecule has 0 fully saturated rings.